The van der Waals surface area contributed by atoms with E-state index in [9.17, 15) is 33.6 Å². The lowest BCUT2D eigenvalue weighted by Crippen LogP contribution is -2.36. The van der Waals surface area contributed by atoms with Gasteiger partial charge in [0.15, 0.2) is 0 Å². The molecule has 0 N–H and O–H groups in total. The van der Waals surface area contributed by atoms with Crippen molar-refractivity contribution in [2.75, 3.05) is 74.4 Å². The summed E-state index contributed by atoms with van der Waals surface area (Å²) in [5, 5.41) is 0.857. The number of allylic oxidation sites excluding steroid dienone is 2. The second-order valence-electron chi connectivity index (χ2n) is 9.95. The van der Waals surface area contributed by atoms with Crippen LogP contribution in [-0.2, 0) is 43.0 Å². The molecule has 0 fully saturated rings. The SMILES string of the molecule is CCC(COC)(COC)COCCOc1ccc2ccc(=O)oc2c1.CN(C)CC=O.O=C/C=C\C=O.O=CCN1C(=O)C=CC1=O. The van der Waals surface area contributed by atoms with Crippen molar-refractivity contribution in [3.05, 3.63) is 65.1 Å². The lowest BCUT2D eigenvalue weighted by atomic mass is 9.88. The van der Waals surface area contributed by atoms with Crippen LogP contribution < -0.4 is 10.4 Å². The number of hydrogen-bond acceptors (Lipinski definition) is 13. The zero-order chi connectivity index (χ0) is 35.5. The molecule has 0 saturated carbocycles. The van der Waals surface area contributed by atoms with Crippen molar-refractivity contribution < 1.29 is 52.1 Å². The van der Waals surface area contributed by atoms with Gasteiger partial charge in [0.05, 0.1) is 39.5 Å². The predicted molar refractivity (Wildman–Crippen MR) is 173 cm³/mol. The van der Waals surface area contributed by atoms with Gasteiger partial charge in [-0.25, -0.2) is 4.79 Å². The Morgan fingerprint density at radius 1 is 0.830 bits per heavy atom. The van der Waals surface area contributed by atoms with Crippen molar-refractivity contribution in [3.8, 4) is 5.75 Å². The average Bonchev–Trinajstić information content (AvgIpc) is 3.37. The molecule has 47 heavy (non-hydrogen) atoms. The molecular weight excluding hydrogens is 616 g/mol. The molecule has 2 amide bonds. The first-order chi connectivity index (χ1) is 22.6. The second kappa shape index (κ2) is 25.5. The van der Waals surface area contributed by atoms with Gasteiger partial charge in [0.1, 0.15) is 43.1 Å². The Bertz CT molecular complexity index is 1330. The van der Waals surface area contributed by atoms with Gasteiger partial charge in [0.25, 0.3) is 11.8 Å². The Labute approximate surface area is 273 Å². The molecule has 2 heterocycles. The Morgan fingerprint density at radius 3 is 1.89 bits per heavy atom. The Kier molecular flexibility index (Phi) is 23.0. The molecule has 14 nitrogen and oxygen atoms in total. The molecule has 1 aromatic carbocycles. The van der Waals surface area contributed by atoms with Crippen molar-refractivity contribution in [1.29, 1.82) is 0 Å². The Balaban J connectivity index is 0.000000780. The van der Waals surface area contributed by atoms with Crippen molar-refractivity contribution in [2.45, 2.75) is 13.3 Å². The Morgan fingerprint density at radius 2 is 1.43 bits per heavy atom. The molecule has 1 aliphatic rings. The summed E-state index contributed by atoms with van der Waals surface area (Å²) >= 11 is 0. The molecule has 0 bridgehead atoms. The monoisotopic (exact) mass is 660 g/mol. The summed E-state index contributed by atoms with van der Waals surface area (Å²) in [4.78, 5) is 73.3. The molecule has 2 aromatic rings. The van der Waals surface area contributed by atoms with Gasteiger partial charge < -0.3 is 37.9 Å². The number of methoxy groups -OCH3 is 2. The zero-order valence-corrected chi connectivity index (χ0v) is 27.5. The molecule has 1 aliphatic heterocycles. The van der Waals surface area contributed by atoms with Gasteiger partial charge in [-0.3, -0.25) is 24.1 Å². The van der Waals surface area contributed by atoms with E-state index in [4.69, 9.17) is 23.4 Å². The van der Waals surface area contributed by atoms with E-state index in [0.29, 0.717) is 69.8 Å². The van der Waals surface area contributed by atoms with E-state index in [2.05, 4.69) is 6.92 Å². The summed E-state index contributed by atoms with van der Waals surface area (Å²) in [6.45, 7) is 5.05. The second-order valence-corrected chi connectivity index (χ2v) is 9.95. The minimum Gasteiger partial charge on any atom is -0.491 e. The highest BCUT2D eigenvalue weighted by Gasteiger charge is 2.29. The van der Waals surface area contributed by atoms with Gasteiger partial charge >= 0.3 is 5.63 Å². The quantitative estimate of drug-likeness (QED) is 0.0788. The number of hydrogen-bond donors (Lipinski definition) is 0. The highest BCUT2D eigenvalue weighted by molar-refractivity contribution is 6.13. The van der Waals surface area contributed by atoms with E-state index in [1.165, 1.54) is 6.07 Å². The highest BCUT2D eigenvalue weighted by atomic mass is 16.5. The normalized spacial score (nSPS) is 12.1. The van der Waals surface area contributed by atoms with Crippen LogP contribution in [-0.4, -0.2) is 121 Å². The largest absolute Gasteiger partial charge is 0.491 e. The lowest BCUT2D eigenvalue weighted by Gasteiger charge is -2.30. The fourth-order valence-electron chi connectivity index (χ4n) is 3.61. The number of likely N-dealkylation sites (N-methyl/N-ethyl adjacent to an activating group) is 1. The van der Waals surface area contributed by atoms with Crippen molar-refractivity contribution >= 4 is 47.9 Å². The number of fused-ring (bicyclic) bond motifs is 1. The van der Waals surface area contributed by atoms with E-state index < -0.39 is 11.8 Å². The zero-order valence-electron chi connectivity index (χ0n) is 27.5. The summed E-state index contributed by atoms with van der Waals surface area (Å²) in [5.41, 5.74) is -0.00755. The molecule has 0 radical (unpaired) electrons. The summed E-state index contributed by atoms with van der Waals surface area (Å²) in [6.07, 6.45) is 7.95. The van der Waals surface area contributed by atoms with E-state index >= 15 is 0 Å². The molecule has 3 rings (SSSR count). The van der Waals surface area contributed by atoms with Gasteiger partial charge in [-0.1, -0.05) is 6.92 Å². The average molecular weight is 661 g/mol. The maximum atomic E-state index is 11.3. The number of carbonyl (C=O) groups excluding carboxylic acids is 6. The first kappa shape index (κ1) is 42.4. The standard InChI is InChI=1S/C19H26O6.C6H5NO3.C4H9NO.C4H4O2/c1-4-19(12-21-2,13-22-3)14-23-9-10-24-16-7-5-15-6-8-18(20)25-17(15)11-16;8-4-3-7-5(9)1-2-6(7)10;1-5(2)3-4-6;5-3-1-2-4-6/h5-8,11H,4,9-10,12-14H2,1-3H3;1-2,4H,3H2;4H,3H2,1-2H3;1-4H/b;;;2-1-. The van der Waals surface area contributed by atoms with Crippen molar-refractivity contribution in [2.24, 2.45) is 5.41 Å². The van der Waals surface area contributed by atoms with Gasteiger partial charge in [0, 0.05) is 49.3 Å². The molecule has 0 unspecified atom stereocenters. The van der Waals surface area contributed by atoms with Crippen LogP contribution in [0.2, 0.25) is 0 Å². The predicted octanol–water partition coefficient (Wildman–Crippen LogP) is 1.68. The third-order valence-electron chi connectivity index (χ3n) is 6.02. The molecule has 0 spiro atoms. The minimum atomic E-state index is -0.419. The van der Waals surface area contributed by atoms with E-state index in [0.717, 1.165) is 47.3 Å². The summed E-state index contributed by atoms with van der Waals surface area (Å²) in [6, 6.07) is 8.53. The number of rotatable bonds is 17. The maximum Gasteiger partial charge on any atom is 0.336 e. The van der Waals surface area contributed by atoms with E-state index in [-0.39, 0.29) is 17.6 Å². The van der Waals surface area contributed by atoms with E-state index in [1.54, 1.807) is 26.4 Å². The molecule has 258 valence electrons. The number of nitrogens with zero attached hydrogens (tertiary/aromatic N) is 2. The highest BCUT2D eigenvalue weighted by Crippen LogP contribution is 2.23. The third-order valence-corrected chi connectivity index (χ3v) is 6.02. The number of aldehydes is 4. The Hall–Kier alpha value is -4.63. The van der Waals surface area contributed by atoms with Crippen LogP contribution in [0.3, 0.4) is 0 Å². The van der Waals surface area contributed by atoms with Crippen molar-refractivity contribution in [1.82, 2.24) is 9.80 Å². The fourth-order valence-corrected chi connectivity index (χ4v) is 3.61. The molecule has 0 aliphatic carbocycles. The first-order valence-corrected chi connectivity index (χ1v) is 14.4. The molecular formula is C33H44N2O12. The van der Waals surface area contributed by atoms with Crippen LogP contribution in [0, 0.1) is 5.41 Å². The summed E-state index contributed by atoms with van der Waals surface area (Å²) in [5.74, 6) is -0.199. The van der Waals surface area contributed by atoms with Crippen LogP contribution in [0.4, 0.5) is 0 Å². The topological polar surface area (TPSA) is 176 Å². The third kappa shape index (κ3) is 18.2. The van der Waals surface area contributed by atoms with Crippen LogP contribution in [0.5, 0.6) is 5.75 Å². The first-order valence-electron chi connectivity index (χ1n) is 14.4. The van der Waals surface area contributed by atoms with E-state index in [1.807, 2.05) is 31.1 Å². The molecule has 0 saturated heterocycles. The van der Waals surface area contributed by atoms with Crippen LogP contribution in [0.1, 0.15) is 13.3 Å². The van der Waals surface area contributed by atoms with Gasteiger partial charge in [0.2, 0.25) is 0 Å². The number of amides is 2. The van der Waals surface area contributed by atoms with Crippen LogP contribution in [0.15, 0.2) is 63.8 Å². The van der Waals surface area contributed by atoms with Gasteiger partial charge in [-0.15, -0.1) is 0 Å². The minimum absolute atomic E-state index is 0.143. The number of benzene rings is 1. The summed E-state index contributed by atoms with van der Waals surface area (Å²) < 4.78 is 27.2. The smallest absolute Gasteiger partial charge is 0.336 e. The summed E-state index contributed by atoms with van der Waals surface area (Å²) in [7, 11) is 7.07. The van der Waals surface area contributed by atoms with Crippen LogP contribution in [0.25, 0.3) is 11.0 Å². The number of imide groups is 1. The molecule has 14 heteroatoms. The number of carbonyl (C=O) groups is 6. The molecule has 1 aromatic heterocycles. The lowest BCUT2D eigenvalue weighted by molar-refractivity contribution is -0.138. The maximum absolute atomic E-state index is 11.3. The van der Waals surface area contributed by atoms with Gasteiger partial charge in [-0.05, 0) is 50.9 Å². The van der Waals surface area contributed by atoms with Crippen molar-refractivity contribution in [3.63, 3.8) is 0 Å². The fraction of sp³-hybridized carbons (Fsp3) is 0.424. The molecule has 0 atom stereocenters. The van der Waals surface area contributed by atoms with Crippen LogP contribution >= 0.6 is 0 Å². The van der Waals surface area contributed by atoms with Gasteiger partial charge in [-0.2, -0.15) is 0 Å². The number of ether oxygens (including phenoxy) is 4.